The normalized spacial score (nSPS) is 24.3. The maximum Gasteiger partial charge on any atom is 0.269 e. The van der Waals surface area contributed by atoms with Gasteiger partial charge in [-0.3, -0.25) is 20.2 Å². The molecule has 3 aromatic rings. The molecular weight excluding hydrogens is 486 g/mol. The zero-order chi connectivity index (χ0) is 26.6. The van der Waals surface area contributed by atoms with E-state index in [1.165, 1.54) is 6.07 Å². The largest absolute Gasteiger partial charge is 0.497 e. The average molecular weight is 518 g/mol. The van der Waals surface area contributed by atoms with Gasteiger partial charge < -0.3 is 14.8 Å². The Labute approximate surface area is 220 Å². The van der Waals surface area contributed by atoms with E-state index in [9.17, 15) is 14.9 Å². The third kappa shape index (κ3) is 5.19. The summed E-state index contributed by atoms with van der Waals surface area (Å²) < 4.78 is 11.1. The van der Waals surface area contributed by atoms with Crippen LogP contribution in [0, 0.1) is 22.0 Å². The summed E-state index contributed by atoms with van der Waals surface area (Å²) in [6.07, 6.45) is 0.224. The lowest BCUT2D eigenvalue weighted by molar-refractivity contribution is -0.384. The Morgan fingerprint density at radius 1 is 1.03 bits per heavy atom. The van der Waals surface area contributed by atoms with Crippen molar-refractivity contribution in [1.82, 2.24) is 21.5 Å². The third-order valence-corrected chi connectivity index (χ3v) is 7.40. The molecule has 5 rings (SSSR count). The number of ether oxygens (including phenoxy) is 2. The van der Waals surface area contributed by atoms with Crippen LogP contribution in [0.1, 0.15) is 35.2 Å². The molecule has 2 aliphatic rings. The maximum absolute atomic E-state index is 13.8. The molecule has 0 spiro atoms. The summed E-state index contributed by atoms with van der Waals surface area (Å²) in [7, 11) is 3.23. The Morgan fingerprint density at radius 2 is 1.84 bits per heavy atom. The van der Waals surface area contributed by atoms with Crippen molar-refractivity contribution < 1.29 is 19.2 Å². The summed E-state index contributed by atoms with van der Waals surface area (Å²) in [5.74, 6) is 0.713. The van der Waals surface area contributed by atoms with E-state index in [0.717, 1.165) is 16.7 Å². The van der Waals surface area contributed by atoms with Crippen LogP contribution in [0.5, 0.6) is 11.5 Å². The summed E-state index contributed by atoms with van der Waals surface area (Å²) in [6.45, 7) is 0.413. The van der Waals surface area contributed by atoms with Gasteiger partial charge in [0.05, 0.1) is 31.4 Å². The van der Waals surface area contributed by atoms with Crippen molar-refractivity contribution in [2.45, 2.75) is 31.2 Å². The van der Waals surface area contributed by atoms with Gasteiger partial charge in [-0.2, -0.15) is 0 Å². The number of hydrazine groups is 1. The number of nitrogens with zero attached hydrogens (tertiary/aromatic N) is 1. The third-order valence-electron chi connectivity index (χ3n) is 7.40. The fourth-order valence-corrected chi connectivity index (χ4v) is 5.54. The van der Waals surface area contributed by atoms with Gasteiger partial charge in [-0.1, -0.05) is 42.5 Å². The number of nitro groups is 1. The first kappa shape index (κ1) is 25.7. The van der Waals surface area contributed by atoms with E-state index in [0.29, 0.717) is 24.5 Å². The van der Waals surface area contributed by atoms with Crippen LogP contribution >= 0.6 is 0 Å². The van der Waals surface area contributed by atoms with Crippen molar-refractivity contribution in [3.05, 3.63) is 99.6 Å². The van der Waals surface area contributed by atoms with Crippen LogP contribution in [0.3, 0.4) is 0 Å². The standard InChI is InChI=1S/C28H31N5O5/c1-37-20-11-12-24(38-2)21(14-20)23-15-22(28(34)29-16-17-7-4-3-5-8-17)25-26(31-32-27(25)30-23)18-9-6-10-19(13-18)33(35)36/h3-14,22-23,25-27,30-32H,15-16H2,1-2H3,(H,29,34). The molecule has 1 amide bonds. The van der Waals surface area contributed by atoms with E-state index in [-0.39, 0.29) is 35.8 Å². The number of nitro benzene ring substituents is 1. The van der Waals surface area contributed by atoms with Gasteiger partial charge in [-0.25, -0.2) is 10.9 Å². The first-order valence-corrected chi connectivity index (χ1v) is 12.5. The summed E-state index contributed by atoms with van der Waals surface area (Å²) >= 11 is 0. The van der Waals surface area contributed by atoms with Gasteiger partial charge in [-0.05, 0) is 35.7 Å². The highest BCUT2D eigenvalue weighted by Gasteiger charge is 2.49. The van der Waals surface area contributed by atoms with E-state index in [1.807, 2.05) is 54.6 Å². The first-order valence-electron chi connectivity index (χ1n) is 12.5. The Kier molecular flexibility index (Phi) is 7.54. The maximum atomic E-state index is 13.8. The van der Waals surface area contributed by atoms with E-state index in [2.05, 4.69) is 21.5 Å². The van der Waals surface area contributed by atoms with E-state index >= 15 is 0 Å². The van der Waals surface area contributed by atoms with Crippen LogP contribution in [-0.4, -0.2) is 31.2 Å². The predicted molar refractivity (Wildman–Crippen MR) is 141 cm³/mol. The number of hydrogen-bond donors (Lipinski definition) is 4. The number of piperidine rings is 1. The SMILES string of the molecule is COc1ccc(OC)c(C2CC(C(=O)NCc3ccccc3)C3C(NNC3c3cccc([N+](=O)[O-])c3)N2)c1. The predicted octanol–water partition coefficient (Wildman–Crippen LogP) is 3.37. The second-order valence-corrected chi connectivity index (χ2v) is 9.55. The topological polar surface area (TPSA) is 127 Å². The molecule has 5 atom stereocenters. The number of amides is 1. The van der Waals surface area contributed by atoms with Crippen LogP contribution in [0.15, 0.2) is 72.8 Å². The Bertz CT molecular complexity index is 1300. The van der Waals surface area contributed by atoms with Crippen molar-refractivity contribution in [2.24, 2.45) is 11.8 Å². The highest BCUT2D eigenvalue weighted by atomic mass is 16.6. The molecule has 0 aliphatic carbocycles. The Hall–Kier alpha value is -3.99. The molecule has 0 bridgehead atoms. The lowest BCUT2D eigenvalue weighted by atomic mass is 9.74. The molecule has 2 heterocycles. The van der Waals surface area contributed by atoms with Crippen LogP contribution in [-0.2, 0) is 11.3 Å². The van der Waals surface area contributed by atoms with Crippen molar-refractivity contribution in [3.8, 4) is 11.5 Å². The highest BCUT2D eigenvalue weighted by molar-refractivity contribution is 5.79. The average Bonchev–Trinajstić information content (AvgIpc) is 3.39. The molecule has 10 heteroatoms. The molecule has 38 heavy (non-hydrogen) atoms. The minimum absolute atomic E-state index is 0.0144. The molecule has 3 aromatic carbocycles. The Morgan fingerprint density at radius 3 is 2.58 bits per heavy atom. The van der Waals surface area contributed by atoms with E-state index in [1.54, 1.807) is 26.4 Å². The van der Waals surface area contributed by atoms with Crippen molar-refractivity contribution >= 4 is 11.6 Å². The van der Waals surface area contributed by atoms with Gasteiger partial charge in [0.25, 0.3) is 5.69 Å². The second kappa shape index (κ2) is 11.2. The molecule has 4 N–H and O–H groups in total. The smallest absolute Gasteiger partial charge is 0.269 e. The minimum Gasteiger partial charge on any atom is -0.497 e. The molecular formula is C28H31N5O5. The van der Waals surface area contributed by atoms with Gasteiger partial charge in [0.2, 0.25) is 5.91 Å². The second-order valence-electron chi connectivity index (χ2n) is 9.55. The summed E-state index contributed by atoms with van der Waals surface area (Å²) in [4.78, 5) is 24.8. The van der Waals surface area contributed by atoms with Crippen molar-refractivity contribution in [2.75, 3.05) is 14.2 Å². The van der Waals surface area contributed by atoms with Gasteiger partial charge in [0.1, 0.15) is 11.5 Å². The molecule has 198 valence electrons. The lowest BCUT2D eigenvalue weighted by Crippen LogP contribution is -2.54. The quantitative estimate of drug-likeness (QED) is 0.265. The first-order chi connectivity index (χ1) is 18.5. The number of methoxy groups -OCH3 is 2. The van der Waals surface area contributed by atoms with Crippen LogP contribution in [0.2, 0.25) is 0 Å². The summed E-state index contributed by atoms with van der Waals surface area (Å²) in [6, 6.07) is 21.4. The zero-order valence-corrected chi connectivity index (χ0v) is 21.2. The van der Waals surface area contributed by atoms with Crippen LogP contribution in [0.25, 0.3) is 0 Å². The highest BCUT2D eigenvalue weighted by Crippen LogP contribution is 2.44. The number of hydrogen-bond acceptors (Lipinski definition) is 8. The number of fused-ring (bicyclic) bond motifs is 1. The molecule has 2 fully saturated rings. The molecule has 2 saturated heterocycles. The fourth-order valence-electron chi connectivity index (χ4n) is 5.54. The monoisotopic (exact) mass is 517 g/mol. The van der Waals surface area contributed by atoms with Gasteiger partial charge in [0, 0.05) is 42.1 Å². The molecule has 0 saturated carbocycles. The Balaban J connectivity index is 1.47. The van der Waals surface area contributed by atoms with Crippen LogP contribution < -0.4 is 31.0 Å². The van der Waals surface area contributed by atoms with Gasteiger partial charge in [0.15, 0.2) is 0 Å². The number of benzene rings is 3. The summed E-state index contributed by atoms with van der Waals surface area (Å²) in [5.41, 5.74) is 9.26. The van der Waals surface area contributed by atoms with Gasteiger partial charge >= 0.3 is 0 Å². The molecule has 2 aliphatic heterocycles. The molecule has 5 unspecified atom stereocenters. The molecule has 0 aromatic heterocycles. The number of nitrogens with one attached hydrogen (secondary N) is 4. The number of carbonyl (C=O) groups is 1. The van der Waals surface area contributed by atoms with Gasteiger partial charge in [-0.15, -0.1) is 0 Å². The molecule has 0 radical (unpaired) electrons. The van der Waals surface area contributed by atoms with Crippen LogP contribution in [0.4, 0.5) is 5.69 Å². The van der Waals surface area contributed by atoms with E-state index < -0.39 is 10.8 Å². The fraction of sp³-hybridized carbons (Fsp3) is 0.321. The number of rotatable bonds is 8. The summed E-state index contributed by atoms with van der Waals surface area (Å²) in [5, 5.41) is 18.2. The minimum atomic E-state index is -0.405. The number of non-ortho nitro benzene ring substituents is 1. The molecule has 10 nitrogen and oxygen atoms in total. The number of carbonyl (C=O) groups excluding carboxylic acids is 1. The van der Waals surface area contributed by atoms with E-state index in [4.69, 9.17) is 9.47 Å². The zero-order valence-electron chi connectivity index (χ0n) is 21.2. The van der Waals surface area contributed by atoms with Crippen molar-refractivity contribution in [1.29, 1.82) is 0 Å². The lowest BCUT2D eigenvalue weighted by Gasteiger charge is -2.40. The van der Waals surface area contributed by atoms with Crippen molar-refractivity contribution in [3.63, 3.8) is 0 Å².